The number of pyridine rings is 1. The Hall–Kier alpha value is -0.930. The van der Waals surface area contributed by atoms with Crippen molar-refractivity contribution < 1.29 is 0 Å². The molecule has 0 radical (unpaired) electrons. The van der Waals surface area contributed by atoms with Crippen molar-refractivity contribution >= 4 is 0 Å². The normalized spacial score (nSPS) is 11.1. The Balaban J connectivity index is 2.28. The van der Waals surface area contributed by atoms with Crippen LogP contribution in [0.4, 0.5) is 0 Å². The van der Waals surface area contributed by atoms with E-state index in [1.165, 1.54) is 25.0 Å². The quantitative estimate of drug-likeness (QED) is 0.684. The second kappa shape index (κ2) is 9.06. The molecule has 2 N–H and O–H groups in total. The number of nitrogens with two attached hydrogens (primary N) is 1. The molecule has 0 fully saturated rings. The number of hydrogen-bond donors (Lipinski definition) is 1. The number of aryl methyl sites for hydroxylation is 1. The molecule has 0 bridgehead atoms. The minimum absolute atomic E-state index is 0.824. The molecule has 0 aliphatic carbocycles. The highest BCUT2D eigenvalue weighted by atomic mass is 15.1. The molecule has 3 nitrogen and oxygen atoms in total. The van der Waals surface area contributed by atoms with E-state index in [1.807, 2.05) is 13.0 Å². The lowest BCUT2D eigenvalue weighted by molar-refractivity contribution is 0.269. The van der Waals surface area contributed by atoms with E-state index in [-0.39, 0.29) is 0 Å². The zero-order valence-electron chi connectivity index (χ0n) is 11.9. The van der Waals surface area contributed by atoms with Gasteiger partial charge in [-0.05, 0) is 51.5 Å². The lowest BCUT2D eigenvalue weighted by atomic mass is 10.2. The Morgan fingerprint density at radius 2 is 1.94 bits per heavy atom. The first-order chi connectivity index (χ1) is 8.76. The molecule has 0 saturated carbocycles. The molecule has 1 rings (SSSR count). The summed E-state index contributed by atoms with van der Waals surface area (Å²) in [5.74, 6) is 0. The first-order valence-corrected chi connectivity index (χ1v) is 7.11. The van der Waals surface area contributed by atoms with Crippen molar-refractivity contribution in [3.8, 4) is 0 Å². The van der Waals surface area contributed by atoms with Crippen molar-refractivity contribution in [3.63, 3.8) is 0 Å². The summed E-state index contributed by atoms with van der Waals surface area (Å²) in [7, 11) is 0. The van der Waals surface area contributed by atoms with E-state index < -0.39 is 0 Å². The second-order valence-corrected chi connectivity index (χ2v) is 4.84. The zero-order chi connectivity index (χ0) is 13.2. The van der Waals surface area contributed by atoms with Crippen LogP contribution in [0.25, 0.3) is 0 Å². The molecule has 0 spiro atoms. The molecular weight excluding hydrogens is 222 g/mol. The summed E-state index contributed by atoms with van der Waals surface area (Å²) >= 11 is 0. The fraction of sp³-hybridized carbons (Fsp3) is 0.667. The van der Waals surface area contributed by atoms with Gasteiger partial charge in [-0.3, -0.25) is 9.88 Å². The van der Waals surface area contributed by atoms with E-state index in [0.29, 0.717) is 0 Å². The van der Waals surface area contributed by atoms with Gasteiger partial charge in [0.05, 0.1) is 5.69 Å². The van der Waals surface area contributed by atoms with Gasteiger partial charge in [-0.25, -0.2) is 0 Å². The van der Waals surface area contributed by atoms with E-state index in [9.17, 15) is 0 Å². The van der Waals surface area contributed by atoms with Crippen LogP contribution >= 0.6 is 0 Å². The monoisotopic (exact) mass is 249 g/mol. The van der Waals surface area contributed by atoms with Crippen molar-refractivity contribution in [2.24, 2.45) is 5.73 Å². The minimum atomic E-state index is 0.824. The molecule has 1 aromatic heterocycles. The van der Waals surface area contributed by atoms with Crippen LogP contribution in [-0.2, 0) is 6.54 Å². The maximum atomic E-state index is 5.49. The van der Waals surface area contributed by atoms with E-state index in [4.69, 9.17) is 5.73 Å². The minimum Gasteiger partial charge on any atom is -0.330 e. The van der Waals surface area contributed by atoms with Crippen molar-refractivity contribution in [1.29, 1.82) is 0 Å². The van der Waals surface area contributed by atoms with Gasteiger partial charge in [0.1, 0.15) is 0 Å². The predicted molar refractivity (Wildman–Crippen MR) is 77.4 cm³/mol. The summed E-state index contributed by atoms with van der Waals surface area (Å²) in [5, 5.41) is 0. The van der Waals surface area contributed by atoms with Crippen LogP contribution in [0.2, 0.25) is 0 Å². The molecular formula is C15H27N3. The van der Waals surface area contributed by atoms with Gasteiger partial charge < -0.3 is 5.73 Å². The molecule has 1 aromatic rings. The van der Waals surface area contributed by atoms with Crippen molar-refractivity contribution in [1.82, 2.24) is 9.88 Å². The standard InChI is InChI=1S/C15H27N3/c1-3-18(12-7-5-4-6-11-16)13-15-10-8-9-14(2)17-15/h8-10H,3-7,11-13,16H2,1-2H3. The molecule has 0 aliphatic heterocycles. The molecule has 0 atom stereocenters. The topological polar surface area (TPSA) is 42.1 Å². The molecule has 18 heavy (non-hydrogen) atoms. The number of nitrogens with zero attached hydrogens (tertiary/aromatic N) is 2. The highest BCUT2D eigenvalue weighted by Gasteiger charge is 2.04. The van der Waals surface area contributed by atoms with Crippen LogP contribution < -0.4 is 5.73 Å². The van der Waals surface area contributed by atoms with Crippen molar-refractivity contribution in [3.05, 3.63) is 29.6 Å². The van der Waals surface area contributed by atoms with Crippen LogP contribution in [-0.4, -0.2) is 29.5 Å². The van der Waals surface area contributed by atoms with Gasteiger partial charge in [-0.1, -0.05) is 25.8 Å². The van der Waals surface area contributed by atoms with Gasteiger partial charge >= 0.3 is 0 Å². The second-order valence-electron chi connectivity index (χ2n) is 4.84. The van der Waals surface area contributed by atoms with Gasteiger partial charge in [-0.15, -0.1) is 0 Å². The highest BCUT2D eigenvalue weighted by Crippen LogP contribution is 2.06. The van der Waals surface area contributed by atoms with Crippen LogP contribution in [0.1, 0.15) is 44.0 Å². The third kappa shape index (κ3) is 6.12. The molecule has 0 aromatic carbocycles. The van der Waals surface area contributed by atoms with E-state index in [2.05, 4.69) is 28.9 Å². The summed E-state index contributed by atoms with van der Waals surface area (Å²) in [4.78, 5) is 7.02. The summed E-state index contributed by atoms with van der Waals surface area (Å²) < 4.78 is 0. The molecule has 0 saturated heterocycles. The average Bonchev–Trinajstić information content (AvgIpc) is 2.37. The summed E-state index contributed by atoms with van der Waals surface area (Å²) in [6.07, 6.45) is 4.97. The average molecular weight is 249 g/mol. The SMILES string of the molecule is CCN(CCCCCCN)Cc1cccc(C)n1. The molecule has 0 aliphatic rings. The van der Waals surface area contributed by atoms with Gasteiger partial charge in [0, 0.05) is 12.2 Å². The maximum absolute atomic E-state index is 5.49. The van der Waals surface area contributed by atoms with Gasteiger partial charge in [0.15, 0.2) is 0 Å². The largest absolute Gasteiger partial charge is 0.330 e. The van der Waals surface area contributed by atoms with Crippen LogP contribution in [0, 0.1) is 6.92 Å². The van der Waals surface area contributed by atoms with Crippen LogP contribution in [0.3, 0.4) is 0 Å². The lowest BCUT2D eigenvalue weighted by Gasteiger charge is -2.20. The Labute approximate surface area is 111 Å². The number of aromatic nitrogens is 1. The van der Waals surface area contributed by atoms with Gasteiger partial charge in [0.2, 0.25) is 0 Å². The number of rotatable bonds is 9. The van der Waals surface area contributed by atoms with Gasteiger partial charge in [-0.2, -0.15) is 0 Å². The smallest absolute Gasteiger partial charge is 0.0547 e. The Kier molecular flexibility index (Phi) is 7.62. The maximum Gasteiger partial charge on any atom is 0.0547 e. The Morgan fingerprint density at radius 3 is 2.61 bits per heavy atom. The molecule has 3 heteroatoms. The van der Waals surface area contributed by atoms with E-state index in [0.717, 1.165) is 38.3 Å². The Bertz CT molecular complexity index is 325. The molecule has 102 valence electrons. The fourth-order valence-electron chi connectivity index (χ4n) is 2.10. The fourth-order valence-corrected chi connectivity index (χ4v) is 2.10. The lowest BCUT2D eigenvalue weighted by Crippen LogP contribution is -2.24. The number of hydrogen-bond acceptors (Lipinski definition) is 3. The molecule has 1 heterocycles. The van der Waals surface area contributed by atoms with E-state index in [1.54, 1.807) is 0 Å². The first kappa shape index (κ1) is 15.1. The highest BCUT2D eigenvalue weighted by molar-refractivity contribution is 5.09. The Morgan fingerprint density at radius 1 is 1.17 bits per heavy atom. The first-order valence-electron chi connectivity index (χ1n) is 7.11. The van der Waals surface area contributed by atoms with Crippen LogP contribution in [0.5, 0.6) is 0 Å². The zero-order valence-corrected chi connectivity index (χ0v) is 11.9. The summed E-state index contributed by atoms with van der Waals surface area (Å²) in [5.41, 5.74) is 7.78. The summed E-state index contributed by atoms with van der Waals surface area (Å²) in [6, 6.07) is 6.25. The number of unbranched alkanes of at least 4 members (excludes halogenated alkanes) is 3. The summed E-state index contributed by atoms with van der Waals surface area (Å²) in [6.45, 7) is 8.31. The van der Waals surface area contributed by atoms with Gasteiger partial charge in [0.25, 0.3) is 0 Å². The van der Waals surface area contributed by atoms with Crippen molar-refractivity contribution in [2.75, 3.05) is 19.6 Å². The van der Waals surface area contributed by atoms with Crippen molar-refractivity contribution in [2.45, 2.75) is 46.1 Å². The molecule has 0 amide bonds. The third-order valence-electron chi connectivity index (χ3n) is 3.21. The predicted octanol–water partition coefficient (Wildman–Crippen LogP) is 2.73. The van der Waals surface area contributed by atoms with Crippen LogP contribution in [0.15, 0.2) is 18.2 Å². The third-order valence-corrected chi connectivity index (χ3v) is 3.21. The molecule has 0 unspecified atom stereocenters. The van der Waals surface area contributed by atoms with E-state index >= 15 is 0 Å².